The number of carbonyl (C=O) groups is 1. The van der Waals surface area contributed by atoms with Crippen molar-refractivity contribution in [3.63, 3.8) is 0 Å². The summed E-state index contributed by atoms with van der Waals surface area (Å²) in [5.41, 5.74) is 4.40. The molecule has 2 N–H and O–H groups in total. The molecule has 0 radical (unpaired) electrons. The highest BCUT2D eigenvalue weighted by Crippen LogP contribution is 2.24. The summed E-state index contributed by atoms with van der Waals surface area (Å²) in [6, 6.07) is 26.1. The lowest BCUT2D eigenvalue weighted by molar-refractivity contribution is 0.0954. The summed E-state index contributed by atoms with van der Waals surface area (Å²) in [5, 5.41) is 6.64. The van der Waals surface area contributed by atoms with Gasteiger partial charge in [-0.1, -0.05) is 66.2 Å². The molecule has 0 unspecified atom stereocenters. The molecule has 0 atom stereocenters. The van der Waals surface area contributed by atoms with Crippen LogP contribution < -0.4 is 10.1 Å². The molecule has 6 nitrogen and oxygen atoms in total. The first kappa shape index (κ1) is 22.5. The van der Waals surface area contributed by atoms with Crippen LogP contribution in [0.5, 0.6) is 0 Å². The van der Waals surface area contributed by atoms with E-state index in [1.807, 2.05) is 42.5 Å². The Kier molecular flexibility index (Phi) is 6.44. The van der Waals surface area contributed by atoms with Gasteiger partial charge in [0.05, 0.1) is 21.3 Å². The molecule has 4 aromatic rings. The van der Waals surface area contributed by atoms with Gasteiger partial charge < -0.3 is 0 Å². The first-order valence-electron chi connectivity index (χ1n) is 10.0. The Morgan fingerprint density at radius 3 is 2.33 bits per heavy atom. The fourth-order valence-corrected chi connectivity index (χ4v) is 4.59. The van der Waals surface area contributed by atoms with E-state index in [4.69, 9.17) is 11.6 Å². The number of hydrazone groups is 1. The van der Waals surface area contributed by atoms with Crippen LogP contribution in [0.1, 0.15) is 22.8 Å². The van der Waals surface area contributed by atoms with Crippen LogP contribution in [0.3, 0.4) is 0 Å². The van der Waals surface area contributed by atoms with Gasteiger partial charge in [-0.25, -0.2) is 13.8 Å². The van der Waals surface area contributed by atoms with Crippen molar-refractivity contribution < 1.29 is 13.2 Å². The van der Waals surface area contributed by atoms with Crippen LogP contribution in [0.25, 0.3) is 10.8 Å². The minimum absolute atomic E-state index is 0.0645. The van der Waals surface area contributed by atoms with Crippen LogP contribution in [0, 0.1) is 0 Å². The van der Waals surface area contributed by atoms with Gasteiger partial charge in [-0.15, -0.1) is 0 Å². The molecule has 0 heterocycles. The van der Waals surface area contributed by atoms with E-state index in [-0.39, 0.29) is 21.2 Å². The Hall–Kier alpha value is -3.68. The molecule has 0 bridgehead atoms. The topological polar surface area (TPSA) is 87.6 Å². The van der Waals surface area contributed by atoms with E-state index in [1.54, 1.807) is 31.2 Å². The molecule has 0 saturated heterocycles. The van der Waals surface area contributed by atoms with Crippen molar-refractivity contribution in [2.45, 2.75) is 11.8 Å². The number of benzene rings is 4. The van der Waals surface area contributed by atoms with Crippen molar-refractivity contribution in [2.24, 2.45) is 5.10 Å². The SMILES string of the molecule is CC(=NNC(=O)c1cccc(S(=O)(=O)Nc2ccccc2Cl)c1)c1ccc2ccccc2c1. The highest BCUT2D eigenvalue weighted by atomic mass is 35.5. The minimum atomic E-state index is -3.94. The Morgan fingerprint density at radius 1 is 0.818 bits per heavy atom. The molecule has 33 heavy (non-hydrogen) atoms. The summed E-state index contributed by atoms with van der Waals surface area (Å²) in [6.07, 6.45) is 0. The second kappa shape index (κ2) is 9.44. The average molecular weight is 478 g/mol. The molecule has 0 aliphatic heterocycles. The summed E-state index contributed by atoms with van der Waals surface area (Å²) in [4.78, 5) is 12.6. The maximum absolute atomic E-state index is 12.8. The van der Waals surface area contributed by atoms with Crippen LogP contribution >= 0.6 is 11.6 Å². The molecular formula is C25H20ClN3O3S. The number of amides is 1. The van der Waals surface area contributed by atoms with E-state index in [0.717, 1.165) is 16.3 Å². The largest absolute Gasteiger partial charge is 0.278 e. The van der Waals surface area contributed by atoms with Crippen molar-refractivity contribution in [3.8, 4) is 0 Å². The molecule has 0 saturated carbocycles. The number of hydrogen-bond acceptors (Lipinski definition) is 4. The average Bonchev–Trinajstić information content (AvgIpc) is 2.83. The molecule has 0 aliphatic rings. The van der Waals surface area contributed by atoms with E-state index < -0.39 is 15.9 Å². The van der Waals surface area contributed by atoms with Gasteiger partial charge >= 0.3 is 0 Å². The molecular weight excluding hydrogens is 458 g/mol. The third-order valence-corrected chi connectivity index (χ3v) is 6.71. The van der Waals surface area contributed by atoms with Gasteiger partial charge in [-0.05, 0) is 59.7 Å². The number of halogens is 1. The first-order chi connectivity index (χ1) is 15.8. The number of nitrogens with one attached hydrogen (secondary N) is 2. The van der Waals surface area contributed by atoms with E-state index in [1.165, 1.54) is 24.3 Å². The van der Waals surface area contributed by atoms with Gasteiger partial charge in [0.2, 0.25) is 0 Å². The number of fused-ring (bicyclic) bond motifs is 1. The predicted molar refractivity (Wildman–Crippen MR) is 132 cm³/mol. The zero-order chi connectivity index (χ0) is 23.4. The third-order valence-electron chi connectivity index (χ3n) is 5.02. The van der Waals surface area contributed by atoms with Gasteiger partial charge in [0.15, 0.2) is 0 Å². The molecule has 1 amide bonds. The fraction of sp³-hybridized carbons (Fsp3) is 0.0400. The van der Waals surface area contributed by atoms with Gasteiger partial charge in [-0.2, -0.15) is 5.10 Å². The maximum atomic E-state index is 12.8. The second-order valence-corrected chi connectivity index (χ2v) is 9.40. The van der Waals surface area contributed by atoms with E-state index in [2.05, 4.69) is 15.2 Å². The van der Waals surface area contributed by atoms with Gasteiger partial charge in [0, 0.05) is 5.56 Å². The number of rotatable bonds is 6. The van der Waals surface area contributed by atoms with Crippen molar-refractivity contribution in [1.82, 2.24) is 5.43 Å². The summed E-state index contributed by atoms with van der Waals surface area (Å²) in [7, 11) is -3.94. The van der Waals surface area contributed by atoms with Crippen LogP contribution in [-0.4, -0.2) is 20.0 Å². The smallest absolute Gasteiger partial charge is 0.271 e. The highest BCUT2D eigenvalue weighted by molar-refractivity contribution is 7.92. The number of sulfonamides is 1. The van der Waals surface area contributed by atoms with Crippen LogP contribution in [0.4, 0.5) is 5.69 Å². The monoisotopic (exact) mass is 477 g/mol. The molecule has 166 valence electrons. The summed E-state index contributed by atoms with van der Waals surface area (Å²) in [6.45, 7) is 1.79. The quantitative estimate of drug-likeness (QED) is 0.286. The van der Waals surface area contributed by atoms with Crippen LogP contribution in [-0.2, 0) is 10.0 Å². The lowest BCUT2D eigenvalue weighted by Crippen LogP contribution is -2.20. The summed E-state index contributed by atoms with van der Waals surface area (Å²) < 4.78 is 28.0. The Morgan fingerprint density at radius 2 is 1.55 bits per heavy atom. The van der Waals surface area contributed by atoms with Crippen molar-refractivity contribution in [2.75, 3.05) is 4.72 Å². The predicted octanol–water partition coefficient (Wildman–Crippen LogP) is 5.45. The lowest BCUT2D eigenvalue weighted by Gasteiger charge is -2.10. The van der Waals surface area contributed by atoms with Crippen molar-refractivity contribution in [1.29, 1.82) is 0 Å². The highest BCUT2D eigenvalue weighted by Gasteiger charge is 2.17. The van der Waals surface area contributed by atoms with E-state index in [9.17, 15) is 13.2 Å². The van der Waals surface area contributed by atoms with Gasteiger partial charge in [0.1, 0.15) is 0 Å². The van der Waals surface area contributed by atoms with E-state index in [0.29, 0.717) is 5.71 Å². The second-order valence-electron chi connectivity index (χ2n) is 7.31. The van der Waals surface area contributed by atoms with Gasteiger partial charge in [-0.3, -0.25) is 9.52 Å². The third kappa shape index (κ3) is 5.22. The molecule has 4 aromatic carbocycles. The maximum Gasteiger partial charge on any atom is 0.271 e. The molecule has 4 rings (SSSR count). The number of nitrogens with zero attached hydrogens (tertiary/aromatic N) is 1. The van der Waals surface area contributed by atoms with Crippen molar-refractivity contribution in [3.05, 3.63) is 107 Å². The van der Waals surface area contributed by atoms with Crippen LogP contribution in [0.15, 0.2) is 101 Å². The Bertz CT molecular complexity index is 1480. The lowest BCUT2D eigenvalue weighted by atomic mass is 10.0. The van der Waals surface area contributed by atoms with Crippen LogP contribution in [0.2, 0.25) is 5.02 Å². The standard InChI is InChI=1S/C25H20ClN3O3S/c1-17(19-14-13-18-7-2-3-8-20(18)15-19)27-28-25(30)21-9-6-10-22(16-21)33(31,32)29-24-12-5-4-11-23(24)26/h2-16,29H,1H3,(H,28,30). The molecule has 0 fully saturated rings. The summed E-state index contributed by atoms with van der Waals surface area (Å²) >= 11 is 6.05. The molecule has 0 aliphatic carbocycles. The van der Waals surface area contributed by atoms with Gasteiger partial charge in [0.25, 0.3) is 15.9 Å². The zero-order valence-electron chi connectivity index (χ0n) is 17.6. The van der Waals surface area contributed by atoms with Crippen molar-refractivity contribution >= 4 is 49.7 Å². The Balaban J connectivity index is 1.51. The number of anilines is 1. The number of para-hydroxylation sites is 1. The number of hydrogen-bond donors (Lipinski definition) is 2. The van der Waals surface area contributed by atoms with E-state index >= 15 is 0 Å². The normalized spacial score (nSPS) is 11.9. The molecule has 8 heteroatoms. The zero-order valence-corrected chi connectivity index (χ0v) is 19.2. The summed E-state index contributed by atoms with van der Waals surface area (Å²) in [5.74, 6) is -0.523. The minimum Gasteiger partial charge on any atom is -0.278 e. The fourth-order valence-electron chi connectivity index (χ4n) is 3.23. The first-order valence-corrected chi connectivity index (χ1v) is 11.9. The Labute approximate surface area is 197 Å². The molecule has 0 aromatic heterocycles. The number of carbonyl (C=O) groups excluding carboxylic acids is 1. The molecule has 0 spiro atoms.